The second-order valence-electron chi connectivity index (χ2n) is 8.58. The van der Waals surface area contributed by atoms with Crippen molar-refractivity contribution >= 4 is 38.9 Å². The van der Waals surface area contributed by atoms with Crippen LogP contribution >= 0.6 is 0 Å². The molecule has 13 heteroatoms. The minimum Gasteiger partial charge on any atom is -0.482 e. The summed E-state index contributed by atoms with van der Waals surface area (Å²) >= 11 is 0. The Bertz CT molecular complexity index is 1680. The van der Waals surface area contributed by atoms with Crippen LogP contribution in [0.5, 0.6) is 5.75 Å². The largest absolute Gasteiger partial charge is 0.482 e. The number of carbonyl (C=O) groups excluding carboxylic acids is 3. The van der Waals surface area contributed by atoms with Crippen LogP contribution < -0.4 is 20.7 Å². The summed E-state index contributed by atoms with van der Waals surface area (Å²) in [6, 6.07) is 14.3. The van der Waals surface area contributed by atoms with Crippen molar-refractivity contribution in [1.82, 2.24) is 25.2 Å². The molecule has 0 unspecified atom stereocenters. The Labute approximate surface area is 216 Å². The molecule has 1 aliphatic heterocycles. The van der Waals surface area contributed by atoms with Crippen LogP contribution in [0.2, 0.25) is 0 Å². The average Bonchev–Trinajstić information content (AvgIpc) is 3.38. The van der Waals surface area contributed by atoms with E-state index in [-0.39, 0.29) is 41.9 Å². The summed E-state index contributed by atoms with van der Waals surface area (Å²) < 4.78 is 29.9. The Hall–Kier alpha value is -4.78. The van der Waals surface area contributed by atoms with E-state index in [1.807, 2.05) is 0 Å². The van der Waals surface area contributed by atoms with Crippen LogP contribution in [0.25, 0.3) is 5.65 Å². The molecule has 12 nitrogen and oxygen atoms in total. The summed E-state index contributed by atoms with van der Waals surface area (Å²) in [6.45, 7) is 0.240. The van der Waals surface area contributed by atoms with Gasteiger partial charge in [0, 0.05) is 31.5 Å². The van der Waals surface area contributed by atoms with E-state index < -0.39 is 21.7 Å². The summed E-state index contributed by atoms with van der Waals surface area (Å²) in [4.78, 5) is 42.0. The fraction of sp³-hybridized carbons (Fsp3) is 0.160. The molecule has 38 heavy (non-hydrogen) atoms. The molecule has 3 N–H and O–H groups in total. The average molecular weight is 535 g/mol. The molecule has 3 amide bonds. The lowest BCUT2D eigenvalue weighted by Gasteiger charge is -2.18. The summed E-state index contributed by atoms with van der Waals surface area (Å²) in [7, 11) is -3.32. The Kier molecular flexibility index (Phi) is 6.51. The van der Waals surface area contributed by atoms with E-state index in [0.717, 1.165) is 11.8 Å². The smallest absolute Gasteiger partial charge is 0.270 e. The monoisotopic (exact) mass is 534 g/mol. The van der Waals surface area contributed by atoms with Gasteiger partial charge in [-0.15, -0.1) is 0 Å². The quantitative estimate of drug-likeness (QED) is 0.320. The molecule has 0 saturated heterocycles. The van der Waals surface area contributed by atoms with E-state index in [4.69, 9.17) is 4.74 Å². The van der Waals surface area contributed by atoms with Crippen molar-refractivity contribution in [3.05, 3.63) is 83.3 Å². The maximum atomic E-state index is 13.0. The summed E-state index contributed by atoms with van der Waals surface area (Å²) in [6.07, 6.45) is 2.59. The zero-order valence-corrected chi connectivity index (χ0v) is 20.9. The zero-order chi connectivity index (χ0) is 26.9. The topological polar surface area (TPSA) is 161 Å². The minimum atomic E-state index is -3.32. The first kappa shape index (κ1) is 24.9. The Morgan fingerprint density at radius 1 is 1.00 bits per heavy atom. The van der Waals surface area contributed by atoms with Crippen LogP contribution in [-0.2, 0) is 27.7 Å². The predicted molar refractivity (Wildman–Crippen MR) is 135 cm³/mol. The number of hydrogen-bond acceptors (Lipinski definition) is 8. The van der Waals surface area contributed by atoms with Gasteiger partial charge in [-0.2, -0.15) is 5.10 Å². The van der Waals surface area contributed by atoms with Gasteiger partial charge in [0.2, 0.25) is 0 Å². The number of nitrogens with zero attached hydrogens (tertiary/aromatic N) is 3. The van der Waals surface area contributed by atoms with E-state index in [1.54, 1.807) is 36.4 Å². The third-order valence-corrected chi connectivity index (χ3v) is 6.89. The van der Waals surface area contributed by atoms with Crippen molar-refractivity contribution in [2.45, 2.75) is 18.0 Å². The maximum Gasteiger partial charge on any atom is 0.270 e. The summed E-state index contributed by atoms with van der Waals surface area (Å²) in [5.74, 6) is -0.701. The minimum absolute atomic E-state index is 0.0234. The van der Waals surface area contributed by atoms with Gasteiger partial charge < -0.3 is 20.7 Å². The number of carbonyl (C=O) groups is 3. The third kappa shape index (κ3) is 5.32. The van der Waals surface area contributed by atoms with Gasteiger partial charge in [0.05, 0.1) is 16.8 Å². The first-order valence-electron chi connectivity index (χ1n) is 11.4. The molecule has 4 aromatic rings. The molecule has 0 radical (unpaired) electrons. The molecule has 1 aliphatic rings. The number of amides is 3. The molecule has 3 heterocycles. The van der Waals surface area contributed by atoms with Crippen molar-refractivity contribution < 1.29 is 27.5 Å². The fourth-order valence-electron chi connectivity index (χ4n) is 3.83. The molecule has 2 aromatic heterocycles. The lowest BCUT2D eigenvalue weighted by molar-refractivity contribution is -0.118. The number of aromatic nitrogens is 3. The van der Waals surface area contributed by atoms with Gasteiger partial charge in [-0.3, -0.25) is 14.4 Å². The molecule has 5 rings (SSSR count). The van der Waals surface area contributed by atoms with Crippen molar-refractivity contribution in [3.8, 4) is 5.75 Å². The molecule has 0 atom stereocenters. The highest BCUT2D eigenvalue weighted by Gasteiger charge is 2.19. The van der Waals surface area contributed by atoms with Gasteiger partial charge in [-0.1, -0.05) is 18.2 Å². The van der Waals surface area contributed by atoms with Crippen LogP contribution in [0.15, 0.2) is 65.7 Å². The van der Waals surface area contributed by atoms with Crippen LogP contribution in [-0.4, -0.2) is 53.6 Å². The van der Waals surface area contributed by atoms with E-state index in [2.05, 4.69) is 26.0 Å². The van der Waals surface area contributed by atoms with Crippen LogP contribution in [0.1, 0.15) is 32.1 Å². The Morgan fingerprint density at radius 2 is 1.71 bits per heavy atom. The Balaban J connectivity index is 1.29. The Morgan fingerprint density at radius 3 is 2.47 bits per heavy atom. The molecular formula is C25H22N6O6S. The van der Waals surface area contributed by atoms with E-state index in [0.29, 0.717) is 22.6 Å². The molecule has 0 saturated carbocycles. The van der Waals surface area contributed by atoms with Gasteiger partial charge >= 0.3 is 0 Å². The van der Waals surface area contributed by atoms with Crippen molar-refractivity contribution in [1.29, 1.82) is 0 Å². The summed E-state index contributed by atoms with van der Waals surface area (Å²) in [5.41, 5.74) is 2.39. The maximum absolute atomic E-state index is 13.0. The molecule has 0 aliphatic carbocycles. The van der Waals surface area contributed by atoms with Crippen molar-refractivity contribution in [2.75, 3.05) is 18.2 Å². The normalized spacial score (nSPS) is 12.8. The van der Waals surface area contributed by atoms with Crippen molar-refractivity contribution in [3.63, 3.8) is 0 Å². The second-order valence-corrected chi connectivity index (χ2v) is 10.6. The van der Waals surface area contributed by atoms with E-state index in [1.165, 1.54) is 28.9 Å². The second kappa shape index (κ2) is 9.94. The number of sulfone groups is 1. The fourth-order valence-corrected chi connectivity index (χ4v) is 4.46. The number of ether oxygens (including phenoxy) is 1. The van der Waals surface area contributed by atoms with Gasteiger partial charge in [0.15, 0.2) is 22.1 Å². The highest BCUT2D eigenvalue weighted by molar-refractivity contribution is 7.90. The lowest BCUT2D eigenvalue weighted by Crippen LogP contribution is -2.28. The number of rotatable bonds is 7. The molecule has 0 bridgehead atoms. The molecule has 0 spiro atoms. The number of anilines is 1. The van der Waals surface area contributed by atoms with Gasteiger partial charge in [-0.05, 0) is 35.4 Å². The molecule has 2 aromatic carbocycles. The molecule has 0 fully saturated rings. The number of benzene rings is 2. The highest BCUT2D eigenvalue weighted by Crippen LogP contribution is 2.28. The van der Waals surface area contributed by atoms with Gasteiger partial charge in [0.25, 0.3) is 17.7 Å². The molecular weight excluding hydrogens is 512 g/mol. The first-order valence-corrected chi connectivity index (χ1v) is 13.3. The SMILES string of the molecule is CS(=O)(=O)c1ccc(CNC(=O)c2cc(C(=O)NCc3ccc4c(c3)NC(=O)CO4)nc3ccnn23)cc1. The van der Waals surface area contributed by atoms with E-state index >= 15 is 0 Å². The lowest BCUT2D eigenvalue weighted by atomic mass is 10.1. The predicted octanol–water partition coefficient (Wildman–Crippen LogP) is 1.32. The zero-order valence-electron chi connectivity index (χ0n) is 20.1. The van der Waals surface area contributed by atoms with E-state index in [9.17, 15) is 22.8 Å². The number of nitrogens with one attached hydrogen (secondary N) is 3. The molecule has 194 valence electrons. The first-order chi connectivity index (χ1) is 18.2. The number of hydrogen-bond donors (Lipinski definition) is 3. The highest BCUT2D eigenvalue weighted by atomic mass is 32.2. The standard InChI is InChI=1S/C25H22N6O6S/c1-38(35,36)17-5-2-15(3-6-17)12-27-25(34)20-11-19(29-22-8-9-28-31(20)22)24(33)26-13-16-4-7-21-18(10-16)30-23(32)14-37-21/h2-11H,12-14H2,1H3,(H,26,33)(H,27,34)(H,30,32). The number of fused-ring (bicyclic) bond motifs is 2. The van der Waals surface area contributed by atoms with Crippen LogP contribution in [0, 0.1) is 0 Å². The third-order valence-electron chi connectivity index (χ3n) is 5.76. The van der Waals surface area contributed by atoms with Gasteiger partial charge in [0.1, 0.15) is 17.1 Å². The van der Waals surface area contributed by atoms with Gasteiger partial charge in [-0.25, -0.2) is 17.9 Å². The van der Waals surface area contributed by atoms with Crippen LogP contribution in [0.3, 0.4) is 0 Å². The summed E-state index contributed by atoms with van der Waals surface area (Å²) in [5, 5.41) is 12.4. The van der Waals surface area contributed by atoms with Crippen molar-refractivity contribution in [2.24, 2.45) is 0 Å². The van der Waals surface area contributed by atoms with Crippen LogP contribution in [0.4, 0.5) is 5.69 Å².